The molecule has 7 nitrogen and oxygen atoms in total. The van der Waals surface area contributed by atoms with Gasteiger partial charge in [0.25, 0.3) is 0 Å². The van der Waals surface area contributed by atoms with Gasteiger partial charge in [0.2, 0.25) is 21.8 Å². The summed E-state index contributed by atoms with van der Waals surface area (Å²) in [5.41, 5.74) is 4.16. The number of nitrogens with zero attached hydrogens (tertiary/aromatic N) is 2. The monoisotopic (exact) mass is 469 g/mol. The van der Waals surface area contributed by atoms with Gasteiger partial charge in [0.1, 0.15) is 6.54 Å². The van der Waals surface area contributed by atoms with Crippen LogP contribution in [0.2, 0.25) is 0 Å². The summed E-state index contributed by atoms with van der Waals surface area (Å²) in [5.74, 6) is 0.105. The minimum atomic E-state index is -3.57. The smallest absolute Gasteiger partial charge is 0.244 e. The first-order valence-electron chi connectivity index (χ1n) is 11.4. The van der Waals surface area contributed by atoms with Gasteiger partial charge in [0, 0.05) is 30.9 Å². The Kier molecular flexibility index (Phi) is 6.59. The zero-order chi connectivity index (χ0) is 23.8. The third-order valence-corrected chi connectivity index (χ3v) is 8.33. The van der Waals surface area contributed by atoms with Gasteiger partial charge in [-0.1, -0.05) is 13.0 Å². The summed E-state index contributed by atoms with van der Waals surface area (Å²) in [5, 5.41) is 2.87. The highest BCUT2D eigenvalue weighted by molar-refractivity contribution is 7.89. The van der Waals surface area contributed by atoms with Gasteiger partial charge in [-0.2, -0.15) is 4.31 Å². The first kappa shape index (κ1) is 23.4. The maximum atomic E-state index is 13.1. The summed E-state index contributed by atoms with van der Waals surface area (Å²) in [6.45, 7) is 7.01. The summed E-state index contributed by atoms with van der Waals surface area (Å²) in [7, 11) is -3.57. The molecule has 1 saturated heterocycles. The summed E-state index contributed by atoms with van der Waals surface area (Å²) < 4.78 is 27.8. The van der Waals surface area contributed by atoms with Crippen molar-refractivity contribution in [3.63, 3.8) is 0 Å². The SMILES string of the molecule is Cc1cc(C)cc(NC(=O)CN2C(=O)CCc3cc(S(=O)(=O)N4CCC(C)CC4)ccc32)c1. The average Bonchev–Trinajstić information content (AvgIpc) is 2.75. The number of benzene rings is 2. The number of aryl methyl sites for hydroxylation is 3. The van der Waals surface area contributed by atoms with E-state index in [1.807, 2.05) is 32.0 Å². The molecule has 0 atom stereocenters. The molecule has 0 spiro atoms. The van der Waals surface area contributed by atoms with Crippen LogP contribution in [0.25, 0.3) is 0 Å². The van der Waals surface area contributed by atoms with Crippen molar-refractivity contribution in [3.8, 4) is 0 Å². The molecule has 0 aliphatic carbocycles. The van der Waals surface area contributed by atoms with Crippen LogP contribution in [0.4, 0.5) is 11.4 Å². The second-order valence-corrected chi connectivity index (χ2v) is 11.2. The van der Waals surface area contributed by atoms with Crippen molar-refractivity contribution in [1.82, 2.24) is 4.31 Å². The fraction of sp³-hybridized carbons (Fsp3) is 0.440. The van der Waals surface area contributed by atoms with E-state index in [4.69, 9.17) is 0 Å². The molecule has 2 aromatic rings. The highest BCUT2D eigenvalue weighted by atomic mass is 32.2. The molecule has 0 unspecified atom stereocenters. The fourth-order valence-corrected chi connectivity index (χ4v) is 6.16. The molecule has 2 amide bonds. The molecule has 0 bridgehead atoms. The van der Waals surface area contributed by atoms with Crippen LogP contribution in [0.1, 0.15) is 42.9 Å². The van der Waals surface area contributed by atoms with Gasteiger partial charge in [-0.25, -0.2) is 8.42 Å². The topological polar surface area (TPSA) is 86.8 Å². The number of rotatable bonds is 5. The van der Waals surface area contributed by atoms with Crippen LogP contribution >= 0.6 is 0 Å². The lowest BCUT2D eigenvalue weighted by atomic mass is 10.0. The molecule has 0 radical (unpaired) electrons. The van der Waals surface area contributed by atoms with Gasteiger partial charge in [-0.3, -0.25) is 9.59 Å². The quantitative estimate of drug-likeness (QED) is 0.724. The Bertz CT molecular complexity index is 1160. The lowest BCUT2D eigenvalue weighted by Gasteiger charge is -2.31. The summed E-state index contributed by atoms with van der Waals surface area (Å²) in [6.07, 6.45) is 2.43. The van der Waals surface area contributed by atoms with E-state index in [9.17, 15) is 18.0 Å². The third-order valence-electron chi connectivity index (χ3n) is 6.44. The highest BCUT2D eigenvalue weighted by Gasteiger charge is 2.31. The van der Waals surface area contributed by atoms with Gasteiger partial charge < -0.3 is 10.2 Å². The van der Waals surface area contributed by atoms with Gasteiger partial charge in [0.05, 0.1) is 4.90 Å². The molecule has 33 heavy (non-hydrogen) atoms. The minimum absolute atomic E-state index is 0.116. The fourth-order valence-electron chi connectivity index (χ4n) is 4.64. The second-order valence-electron chi connectivity index (χ2n) is 9.28. The number of piperidine rings is 1. The molecule has 1 N–H and O–H groups in total. The predicted molar refractivity (Wildman–Crippen MR) is 129 cm³/mol. The van der Waals surface area contributed by atoms with Crippen molar-refractivity contribution < 1.29 is 18.0 Å². The normalized spacial score (nSPS) is 17.7. The number of carbonyl (C=O) groups excluding carboxylic acids is 2. The number of anilines is 2. The van der Waals surface area contributed by atoms with Gasteiger partial charge in [0.15, 0.2) is 0 Å². The van der Waals surface area contributed by atoms with Crippen molar-refractivity contribution in [3.05, 3.63) is 53.1 Å². The molecule has 1 fully saturated rings. The number of hydrogen-bond donors (Lipinski definition) is 1. The Labute approximate surface area is 195 Å². The Morgan fingerprint density at radius 1 is 1.03 bits per heavy atom. The predicted octanol–water partition coefficient (Wildman–Crippen LogP) is 3.64. The van der Waals surface area contributed by atoms with Crippen molar-refractivity contribution in [2.24, 2.45) is 5.92 Å². The van der Waals surface area contributed by atoms with Crippen molar-refractivity contribution in [1.29, 1.82) is 0 Å². The molecular weight excluding hydrogens is 438 g/mol. The Hall–Kier alpha value is -2.71. The molecule has 2 aromatic carbocycles. The first-order valence-corrected chi connectivity index (χ1v) is 12.9. The van der Waals surface area contributed by atoms with E-state index in [1.165, 1.54) is 4.90 Å². The lowest BCUT2D eigenvalue weighted by molar-refractivity contribution is -0.121. The highest BCUT2D eigenvalue weighted by Crippen LogP contribution is 2.32. The van der Waals surface area contributed by atoms with Crippen LogP contribution in [0, 0.1) is 19.8 Å². The first-order chi connectivity index (χ1) is 15.6. The number of fused-ring (bicyclic) bond motifs is 1. The van der Waals surface area contributed by atoms with Crippen LogP contribution in [-0.2, 0) is 26.0 Å². The zero-order valence-electron chi connectivity index (χ0n) is 19.4. The van der Waals surface area contributed by atoms with Gasteiger partial charge >= 0.3 is 0 Å². The van der Waals surface area contributed by atoms with E-state index in [0.717, 1.165) is 29.5 Å². The van der Waals surface area contributed by atoms with Crippen LogP contribution < -0.4 is 10.2 Å². The third kappa shape index (κ3) is 5.12. The van der Waals surface area contributed by atoms with E-state index in [-0.39, 0.29) is 29.7 Å². The van der Waals surface area contributed by atoms with Crippen LogP contribution in [-0.4, -0.2) is 44.2 Å². The minimum Gasteiger partial charge on any atom is -0.325 e. The number of nitrogens with one attached hydrogen (secondary N) is 1. The average molecular weight is 470 g/mol. The van der Waals surface area contributed by atoms with E-state index in [0.29, 0.717) is 36.8 Å². The Morgan fingerprint density at radius 3 is 2.36 bits per heavy atom. The van der Waals surface area contributed by atoms with E-state index in [2.05, 4.69) is 12.2 Å². The summed E-state index contributed by atoms with van der Waals surface area (Å²) in [6, 6.07) is 10.7. The van der Waals surface area contributed by atoms with Gasteiger partial charge in [-0.15, -0.1) is 0 Å². The maximum Gasteiger partial charge on any atom is 0.244 e. The van der Waals surface area contributed by atoms with Crippen LogP contribution in [0.3, 0.4) is 0 Å². The van der Waals surface area contributed by atoms with E-state index in [1.54, 1.807) is 22.5 Å². The Balaban J connectivity index is 1.53. The van der Waals surface area contributed by atoms with Crippen molar-refractivity contribution in [2.45, 2.75) is 51.3 Å². The lowest BCUT2D eigenvalue weighted by Crippen LogP contribution is -2.41. The largest absolute Gasteiger partial charge is 0.325 e. The number of carbonyl (C=O) groups is 2. The van der Waals surface area contributed by atoms with Crippen LogP contribution in [0.15, 0.2) is 41.3 Å². The second kappa shape index (κ2) is 9.27. The number of sulfonamides is 1. The molecular formula is C25H31N3O4S. The molecule has 2 aliphatic rings. The molecule has 2 heterocycles. The summed E-state index contributed by atoms with van der Waals surface area (Å²) in [4.78, 5) is 27.1. The number of amides is 2. The van der Waals surface area contributed by atoms with Crippen molar-refractivity contribution in [2.75, 3.05) is 29.9 Å². The molecule has 176 valence electrons. The maximum absolute atomic E-state index is 13.1. The molecule has 0 saturated carbocycles. The standard InChI is InChI=1S/C25H31N3O4S/c1-17-8-10-27(11-9-17)33(31,32)22-5-6-23-20(15-22)4-7-25(30)28(23)16-24(29)26-21-13-18(2)12-19(3)14-21/h5-6,12-15,17H,4,7-11,16H2,1-3H3,(H,26,29). The molecule has 0 aromatic heterocycles. The van der Waals surface area contributed by atoms with Gasteiger partial charge in [-0.05, 0) is 86.1 Å². The number of hydrogen-bond acceptors (Lipinski definition) is 4. The zero-order valence-corrected chi connectivity index (χ0v) is 20.2. The molecule has 8 heteroatoms. The van der Waals surface area contributed by atoms with Crippen molar-refractivity contribution >= 4 is 33.2 Å². The molecule has 4 rings (SSSR count). The van der Waals surface area contributed by atoms with E-state index >= 15 is 0 Å². The van der Waals surface area contributed by atoms with E-state index < -0.39 is 10.0 Å². The molecule has 2 aliphatic heterocycles. The Morgan fingerprint density at radius 2 is 1.70 bits per heavy atom. The van der Waals surface area contributed by atoms with Crippen LogP contribution in [0.5, 0.6) is 0 Å². The summed E-state index contributed by atoms with van der Waals surface area (Å²) >= 11 is 0.